The summed E-state index contributed by atoms with van der Waals surface area (Å²) in [5.41, 5.74) is -0.685. The summed E-state index contributed by atoms with van der Waals surface area (Å²) in [5, 5.41) is 9.43. The van der Waals surface area contributed by atoms with Crippen molar-refractivity contribution in [3.8, 4) is 0 Å². The molecule has 0 atom stereocenters. The van der Waals surface area contributed by atoms with Crippen molar-refractivity contribution in [1.82, 2.24) is 4.57 Å². The van der Waals surface area contributed by atoms with Crippen LogP contribution in [-0.4, -0.2) is 15.6 Å². The number of hydrogen-bond donors (Lipinski definition) is 1. The van der Waals surface area contributed by atoms with Crippen molar-refractivity contribution < 1.29 is 9.90 Å². The number of carboxylic acids is 1. The third kappa shape index (κ3) is 1.66. The summed E-state index contributed by atoms with van der Waals surface area (Å²) in [6.07, 6.45) is 7.24. The lowest BCUT2D eigenvalue weighted by molar-refractivity contribution is -0.150. The summed E-state index contributed by atoms with van der Waals surface area (Å²) >= 11 is 0. The van der Waals surface area contributed by atoms with E-state index in [2.05, 4.69) is 6.92 Å². The Bertz CT molecular complexity index is 335. The molecular formula is C12H17NO2. The zero-order valence-corrected chi connectivity index (χ0v) is 9.02. The van der Waals surface area contributed by atoms with Crippen molar-refractivity contribution in [3.63, 3.8) is 0 Å². The van der Waals surface area contributed by atoms with E-state index in [1.807, 2.05) is 29.1 Å². The van der Waals surface area contributed by atoms with E-state index in [9.17, 15) is 9.90 Å². The van der Waals surface area contributed by atoms with E-state index in [0.29, 0.717) is 5.92 Å². The molecule has 1 aromatic rings. The minimum Gasteiger partial charge on any atom is -0.479 e. The molecule has 3 heteroatoms. The van der Waals surface area contributed by atoms with E-state index < -0.39 is 11.5 Å². The molecule has 82 valence electrons. The van der Waals surface area contributed by atoms with E-state index >= 15 is 0 Å². The molecule has 0 amide bonds. The lowest BCUT2D eigenvalue weighted by Gasteiger charge is -2.37. The third-order valence-corrected chi connectivity index (χ3v) is 3.60. The Morgan fingerprint density at radius 3 is 2.33 bits per heavy atom. The van der Waals surface area contributed by atoms with E-state index in [4.69, 9.17) is 0 Å². The van der Waals surface area contributed by atoms with Gasteiger partial charge in [-0.2, -0.15) is 0 Å². The molecule has 0 radical (unpaired) electrons. The maximum Gasteiger partial charge on any atom is 0.329 e. The molecule has 1 aliphatic carbocycles. The number of nitrogens with zero attached hydrogens (tertiary/aromatic N) is 1. The first-order valence-corrected chi connectivity index (χ1v) is 5.52. The second kappa shape index (κ2) is 3.72. The summed E-state index contributed by atoms with van der Waals surface area (Å²) in [6, 6.07) is 3.78. The van der Waals surface area contributed by atoms with Gasteiger partial charge in [-0.15, -0.1) is 0 Å². The summed E-state index contributed by atoms with van der Waals surface area (Å²) < 4.78 is 1.86. The molecule has 0 saturated heterocycles. The Morgan fingerprint density at radius 1 is 1.33 bits per heavy atom. The summed E-state index contributed by atoms with van der Waals surface area (Å²) in [5.74, 6) is -0.0290. The molecule has 2 rings (SSSR count). The number of rotatable bonds is 2. The number of aliphatic carboxylic acids is 1. The van der Waals surface area contributed by atoms with Gasteiger partial charge in [0.25, 0.3) is 0 Å². The van der Waals surface area contributed by atoms with Gasteiger partial charge < -0.3 is 9.67 Å². The lowest BCUT2D eigenvalue weighted by atomic mass is 9.77. The first-order valence-electron chi connectivity index (χ1n) is 5.52. The predicted molar refractivity (Wildman–Crippen MR) is 57.7 cm³/mol. The molecule has 0 aliphatic heterocycles. The molecule has 0 spiro atoms. The Hall–Kier alpha value is -1.25. The largest absolute Gasteiger partial charge is 0.479 e. The Balaban J connectivity index is 2.30. The fraction of sp³-hybridized carbons (Fsp3) is 0.583. The maximum atomic E-state index is 11.5. The molecule has 1 heterocycles. The van der Waals surface area contributed by atoms with Gasteiger partial charge in [-0.05, 0) is 43.7 Å². The van der Waals surface area contributed by atoms with E-state index in [-0.39, 0.29) is 0 Å². The minimum absolute atomic E-state index is 0.660. The number of carboxylic acid groups (broad SMARTS) is 1. The highest BCUT2D eigenvalue weighted by Crippen LogP contribution is 2.37. The second-order valence-corrected chi connectivity index (χ2v) is 4.61. The molecule has 0 unspecified atom stereocenters. The zero-order chi connectivity index (χ0) is 10.9. The highest BCUT2D eigenvalue weighted by Gasteiger charge is 2.42. The average Bonchev–Trinajstić information content (AvgIpc) is 2.72. The van der Waals surface area contributed by atoms with Crippen LogP contribution in [0, 0.1) is 5.92 Å². The SMILES string of the molecule is CC1CCC(C(=O)O)(n2cccc2)CC1. The molecule has 1 saturated carbocycles. The maximum absolute atomic E-state index is 11.5. The van der Waals surface area contributed by atoms with Gasteiger partial charge in [0.1, 0.15) is 5.54 Å². The summed E-state index contributed by atoms with van der Waals surface area (Å²) in [4.78, 5) is 11.5. The van der Waals surface area contributed by atoms with Crippen molar-refractivity contribution in [3.05, 3.63) is 24.5 Å². The normalized spacial score (nSPS) is 31.4. The molecule has 0 bridgehead atoms. The van der Waals surface area contributed by atoms with Gasteiger partial charge in [-0.25, -0.2) is 4.79 Å². The minimum atomic E-state index is -0.689. The van der Waals surface area contributed by atoms with Crippen LogP contribution in [0.5, 0.6) is 0 Å². The molecule has 1 N–H and O–H groups in total. The van der Waals surface area contributed by atoms with Crippen molar-refractivity contribution in [1.29, 1.82) is 0 Å². The molecule has 3 nitrogen and oxygen atoms in total. The number of aromatic nitrogens is 1. The summed E-state index contributed by atoms with van der Waals surface area (Å²) in [7, 11) is 0. The van der Waals surface area contributed by atoms with E-state index in [0.717, 1.165) is 25.7 Å². The molecule has 15 heavy (non-hydrogen) atoms. The molecular weight excluding hydrogens is 190 g/mol. The van der Waals surface area contributed by atoms with Gasteiger partial charge in [0, 0.05) is 12.4 Å². The highest BCUT2D eigenvalue weighted by molar-refractivity contribution is 5.77. The van der Waals surface area contributed by atoms with Crippen molar-refractivity contribution in [2.75, 3.05) is 0 Å². The quantitative estimate of drug-likeness (QED) is 0.809. The van der Waals surface area contributed by atoms with Crippen LogP contribution in [0.25, 0.3) is 0 Å². The smallest absolute Gasteiger partial charge is 0.329 e. The monoisotopic (exact) mass is 207 g/mol. The fourth-order valence-corrected chi connectivity index (χ4v) is 2.44. The molecule has 0 aromatic carbocycles. The van der Waals surface area contributed by atoms with Crippen LogP contribution in [0.15, 0.2) is 24.5 Å². The van der Waals surface area contributed by atoms with Gasteiger partial charge in [0.2, 0.25) is 0 Å². The van der Waals surface area contributed by atoms with Gasteiger partial charge in [0.05, 0.1) is 0 Å². The van der Waals surface area contributed by atoms with Crippen LogP contribution < -0.4 is 0 Å². The second-order valence-electron chi connectivity index (χ2n) is 4.61. The first-order chi connectivity index (χ1) is 7.15. The van der Waals surface area contributed by atoms with Gasteiger partial charge in [0.15, 0.2) is 0 Å². The fourth-order valence-electron chi connectivity index (χ4n) is 2.44. The van der Waals surface area contributed by atoms with Crippen LogP contribution in [0.2, 0.25) is 0 Å². The van der Waals surface area contributed by atoms with Gasteiger partial charge in [-0.3, -0.25) is 0 Å². The van der Waals surface area contributed by atoms with Gasteiger partial charge in [-0.1, -0.05) is 6.92 Å². The van der Waals surface area contributed by atoms with Crippen molar-refractivity contribution >= 4 is 5.97 Å². The molecule has 1 aliphatic rings. The standard InChI is InChI=1S/C12H17NO2/c1-10-4-6-12(7-5-10,11(14)15)13-8-2-3-9-13/h2-3,8-10H,4-7H2,1H3,(H,14,15). The van der Waals surface area contributed by atoms with Crippen LogP contribution in [-0.2, 0) is 10.3 Å². The lowest BCUT2D eigenvalue weighted by Crippen LogP contribution is -2.44. The zero-order valence-electron chi connectivity index (χ0n) is 9.02. The highest BCUT2D eigenvalue weighted by atomic mass is 16.4. The van der Waals surface area contributed by atoms with Gasteiger partial charge >= 0.3 is 5.97 Å². The van der Waals surface area contributed by atoms with Crippen LogP contribution in [0.3, 0.4) is 0 Å². The van der Waals surface area contributed by atoms with E-state index in [1.54, 1.807) is 0 Å². The Morgan fingerprint density at radius 2 is 1.87 bits per heavy atom. The number of carbonyl (C=O) groups is 1. The van der Waals surface area contributed by atoms with Crippen molar-refractivity contribution in [2.45, 2.75) is 38.1 Å². The Kier molecular flexibility index (Phi) is 2.55. The Labute approximate surface area is 89.7 Å². The first kappa shape index (κ1) is 10.3. The van der Waals surface area contributed by atoms with E-state index in [1.165, 1.54) is 0 Å². The summed E-state index contributed by atoms with van der Waals surface area (Å²) in [6.45, 7) is 2.20. The topological polar surface area (TPSA) is 42.2 Å². The molecule has 1 fully saturated rings. The van der Waals surface area contributed by atoms with Crippen molar-refractivity contribution in [2.24, 2.45) is 5.92 Å². The third-order valence-electron chi connectivity index (χ3n) is 3.60. The molecule has 1 aromatic heterocycles. The van der Waals surface area contributed by atoms with Crippen LogP contribution in [0.1, 0.15) is 32.6 Å². The number of hydrogen-bond acceptors (Lipinski definition) is 1. The predicted octanol–water partition coefficient (Wildman–Crippen LogP) is 2.48. The average molecular weight is 207 g/mol. The van der Waals surface area contributed by atoms with Crippen LogP contribution in [0.4, 0.5) is 0 Å². The van der Waals surface area contributed by atoms with Crippen LogP contribution >= 0.6 is 0 Å².